The number of amides is 12. The summed E-state index contributed by atoms with van der Waals surface area (Å²) in [4.78, 5) is 233. The molecular weight excluding hydrogens is 1660 g/mol. The first-order valence-corrected chi connectivity index (χ1v) is 44.3. The Kier molecular flexibility index (Phi) is 36.1. The number of hydrogen-bond acceptors (Lipinski definition) is 20. The van der Waals surface area contributed by atoms with Crippen LogP contribution in [0.3, 0.4) is 0 Å². The Balaban J connectivity index is 1.14. The van der Waals surface area contributed by atoms with Crippen LogP contribution in [0.2, 0.25) is 0 Å². The number of benzene rings is 4. The molecule has 4 aromatic heterocycles. The van der Waals surface area contributed by atoms with Gasteiger partial charge in [0.15, 0.2) is 17.7 Å². The largest absolute Gasteiger partial charge is 0.370 e. The van der Waals surface area contributed by atoms with Gasteiger partial charge in [0.05, 0.1) is 36.0 Å². The second-order valence-electron chi connectivity index (χ2n) is 31.4. The Morgan fingerprint density at radius 3 is 1.28 bits per heavy atom. The van der Waals surface area contributed by atoms with E-state index in [4.69, 9.17) is 33.8 Å². The molecule has 0 unspecified atom stereocenters. The van der Waals surface area contributed by atoms with Crippen molar-refractivity contribution in [3.8, 4) is 0 Å². The highest BCUT2D eigenvalue weighted by molar-refractivity contribution is 8.76. The molecule has 0 aliphatic carbocycles. The van der Waals surface area contributed by atoms with E-state index in [2.05, 4.69) is 93.7 Å². The molecule has 0 radical (unpaired) electrons. The van der Waals surface area contributed by atoms with Crippen LogP contribution in [0.5, 0.6) is 0 Å². The van der Waals surface area contributed by atoms with Crippen molar-refractivity contribution in [2.45, 2.75) is 164 Å². The maximum absolute atomic E-state index is 16.1. The highest BCUT2D eigenvalue weighted by Gasteiger charge is 2.40. The molecule has 40 heteroatoms. The molecule has 10 rings (SSSR count). The van der Waals surface area contributed by atoms with Gasteiger partial charge in [-0.15, -0.1) is 0 Å². The van der Waals surface area contributed by atoms with Gasteiger partial charge in [0.25, 0.3) is 0 Å². The molecule has 126 heavy (non-hydrogen) atoms. The van der Waals surface area contributed by atoms with Crippen LogP contribution in [0, 0.1) is 34.5 Å². The minimum atomic E-state index is -1.72. The van der Waals surface area contributed by atoms with Gasteiger partial charge in [0, 0.05) is 160 Å². The number of H-pyrrole nitrogens is 4. The van der Waals surface area contributed by atoms with Crippen molar-refractivity contribution >= 4 is 138 Å². The Morgan fingerprint density at radius 1 is 0.365 bits per heavy atom. The molecule has 8 aromatic rings. The standard InChI is InChI=1S/C86H110N24O14S2/c87-83(88)95-27-11-19-51-36-73(113)56-39-72(112)52(33-54-41-99-61-22-9-7-20-59(54)61)37-74(114)63(24-12-29-97-85(91)123)103-78(118)67(32-50-17-5-2-6-18-50)107-81(121)69(40-58-44-94-48-102-58)109-77(117)65(25-13-28-96-84(89)90)105-82(122)70(46-126-125-45-56)110-80(120)68(35-55-42-100-62-23-10-8-21-60(55)62)108-76(116)64(26-14-30-98-86(92)124)104-79(119)66(31-49-15-3-1-4-16-49)106-75(115)53(38-71(51)111)34-57-43-93-47-101-57/h1-10,15-18,20-23,41-44,47-48,51-53,56,63-70,99-100H,11-14,19,24-40,45-46H2,(H,93,101)(H,94,102)(H,103,118)(H,104,119)(H,105,122)(H,106,115)(H,107,121)(H,108,116)(H,109,117)(H,110,120)(H4,87,88,95)(H4,89,90,96)(H3,91,97,123)(H3,92,98,124)/t51-,52-,53-,56+,63+,64+,65+,66-,67-,68+,69+,70+/m1/s1. The van der Waals surface area contributed by atoms with Gasteiger partial charge in [-0.3, -0.25) is 68.4 Å². The van der Waals surface area contributed by atoms with Crippen molar-refractivity contribution in [2.75, 3.05) is 37.7 Å². The van der Waals surface area contributed by atoms with Gasteiger partial charge >= 0.3 is 12.1 Å². The van der Waals surface area contributed by atoms with Crippen LogP contribution in [-0.2, 0) is 96.1 Å². The molecule has 6 heterocycles. The lowest BCUT2D eigenvalue weighted by Crippen LogP contribution is -2.61. The van der Waals surface area contributed by atoms with Crippen LogP contribution in [0.4, 0.5) is 9.59 Å². The van der Waals surface area contributed by atoms with E-state index in [0.717, 1.165) is 21.6 Å². The summed E-state index contributed by atoms with van der Waals surface area (Å²) in [6.45, 7) is -0.140. The second-order valence-corrected chi connectivity index (χ2v) is 33.9. The number of hydrogen-bond donors (Lipinski definition) is 22. The third-order valence-corrected chi connectivity index (χ3v) is 24.5. The quantitative estimate of drug-likeness (QED) is 0.0144. The van der Waals surface area contributed by atoms with Gasteiger partial charge in [-0.25, -0.2) is 19.6 Å². The fourth-order valence-corrected chi connectivity index (χ4v) is 17.8. The van der Waals surface area contributed by atoms with E-state index in [1.807, 2.05) is 12.1 Å². The molecule has 0 spiro atoms. The normalized spacial score (nSPS) is 22.4. The summed E-state index contributed by atoms with van der Waals surface area (Å²) in [7, 11) is 1.95. The van der Waals surface area contributed by atoms with Crippen LogP contribution >= 0.6 is 21.6 Å². The molecule has 12 amide bonds. The number of ketones is 4. The number of carbonyl (C=O) groups excluding carboxylic acids is 14. The first kappa shape index (κ1) is 94.8. The first-order chi connectivity index (χ1) is 60.7. The Morgan fingerprint density at radius 2 is 0.762 bits per heavy atom. The highest BCUT2D eigenvalue weighted by atomic mass is 33.1. The first-order valence-electron chi connectivity index (χ1n) is 41.8. The van der Waals surface area contributed by atoms with E-state index in [9.17, 15) is 9.59 Å². The minimum absolute atomic E-state index is 0.00350. The van der Waals surface area contributed by atoms with Crippen molar-refractivity contribution in [3.05, 3.63) is 180 Å². The lowest BCUT2D eigenvalue weighted by molar-refractivity contribution is -0.136. The summed E-state index contributed by atoms with van der Waals surface area (Å²) in [6.07, 6.45) is 4.97. The van der Waals surface area contributed by atoms with Gasteiger partial charge in [-0.2, -0.15) is 0 Å². The Labute approximate surface area is 734 Å². The van der Waals surface area contributed by atoms with E-state index in [0.29, 0.717) is 49.8 Å². The number of aromatic nitrogens is 6. The maximum Gasteiger partial charge on any atom is 0.312 e. The predicted octanol–water partition coefficient (Wildman–Crippen LogP) is 1.86. The molecule has 670 valence electrons. The SMILES string of the molecule is N=C(N)NCCC[C@@H]1CC(=O)[C@@H]2CSSC[C@H](NC(=O)[C@H](Cc3c[nH]c4ccccc34)NC(=O)[C@H](CCCNC(N)=O)NC(=O)[C@@H](Cc3ccccc3)NC(=O)[C@H](Cc3c[nH]cn3)CC1=O)C(=O)N[C@@H](CCCNC(=N)N)C(=O)N[C@@H](Cc1c[nH]cn1)C(=O)N[C@H](Cc1ccccc1)C(=O)N[C@@H](CCCNC(N)=O)C(=O)C[C@@H](Cc1c[nH]c3ccccc13)C(=O)C2. The number of para-hydroxylation sites is 2. The third-order valence-electron chi connectivity index (χ3n) is 22.0. The summed E-state index contributed by atoms with van der Waals surface area (Å²) in [5.41, 5.74) is 26.5. The van der Waals surface area contributed by atoms with Crippen LogP contribution in [0.25, 0.3) is 21.8 Å². The maximum atomic E-state index is 16.1. The number of nitrogens with zero attached hydrogens (tertiary/aromatic N) is 2. The number of primary amides is 2. The molecule has 38 nitrogen and oxygen atoms in total. The van der Waals surface area contributed by atoms with E-state index < -0.39 is 192 Å². The number of nitrogens with two attached hydrogens (primary N) is 4. The minimum Gasteiger partial charge on any atom is -0.370 e. The van der Waals surface area contributed by atoms with E-state index in [1.165, 1.54) is 25.0 Å². The lowest BCUT2D eigenvalue weighted by atomic mass is 9.81. The molecule has 2 aliphatic heterocycles. The van der Waals surface area contributed by atoms with E-state index in [1.54, 1.807) is 109 Å². The van der Waals surface area contributed by atoms with Gasteiger partial charge < -0.3 is 107 Å². The zero-order valence-corrected chi connectivity index (χ0v) is 71.1. The number of aromatic amines is 4. The number of rotatable bonds is 28. The number of urea groups is 2. The van der Waals surface area contributed by atoms with Crippen LogP contribution in [-0.4, -0.2) is 210 Å². The molecule has 2 aliphatic rings. The Bertz CT molecular complexity index is 4780. The van der Waals surface area contributed by atoms with Crippen molar-refractivity contribution < 1.29 is 67.1 Å². The summed E-state index contributed by atoms with van der Waals surface area (Å²) in [5, 5.41) is 50.3. The molecule has 12 atom stereocenters. The van der Waals surface area contributed by atoms with Crippen LogP contribution < -0.4 is 86.7 Å². The molecule has 0 saturated carbocycles. The number of Topliss-reactive ketones (excluding diaryl/α,β-unsaturated/α-hetero) is 4. The monoisotopic (exact) mass is 1770 g/mol. The summed E-state index contributed by atoms with van der Waals surface area (Å²) in [5.74, 6) is -16.6. The molecule has 2 bridgehead atoms. The second kappa shape index (κ2) is 48.0. The van der Waals surface area contributed by atoms with Crippen molar-refractivity contribution in [1.29, 1.82) is 10.8 Å². The average Bonchev–Trinajstić information content (AvgIpc) is 1.64. The number of imidazole rings is 2. The number of carbonyl (C=O) groups is 14. The summed E-state index contributed by atoms with van der Waals surface area (Å²) < 4.78 is 0. The van der Waals surface area contributed by atoms with Crippen molar-refractivity contribution in [3.63, 3.8) is 0 Å². The van der Waals surface area contributed by atoms with Crippen LogP contribution in [0.1, 0.15) is 111 Å². The molecule has 2 saturated heterocycles. The van der Waals surface area contributed by atoms with E-state index >= 15 is 57.5 Å². The fourth-order valence-electron chi connectivity index (χ4n) is 15.3. The molecule has 4 aromatic carbocycles. The summed E-state index contributed by atoms with van der Waals surface area (Å²) in [6, 6.07) is 17.1. The topological polar surface area (TPSA) is 624 Å². The van der Waals surface area contributed by atoms with Crippen molar-refractivity contribution in [1.82, 2.24) is 93.7 Å². The van der Waals surface area contributed by atoms with E-state index in [-0.39, 0.29) is 133 Å². The fraction of sp³-hybridized carbons (Fsp3) is 0.419. The molecular formula is C86H110N24O14S2. The third kappa shape index (κ3) is 29.7. The summed E-state index contributed by atoms with van der Waals surface area (Å²) >= 11 is 0. The zero-order chi connectivity index (χ0) is 90.0. The average molecular weight is 1770 g/mol. The lowest BCUT2D eigenvalue weighted by Gasteiger charge is -2.28. The van der Waals surface area contributed by atoms with Gasteiger partial charge in [0.1, 0.15) is 59.6 Å². The van der Waals surface area contributed by atoms with Gasteiger partial charge in [-0.05, 0) is 92.2 Å². The molecule has 2 fully saturated rings. The zero-order valence-electron chi connectivity index (χ0n) is 69.5. The number of fused-ring (bicyclic) bond motifs is 7. The Hall–Kier alpha value is -13.4. The number of guanidine groups is 2. The number of nitrogens with one attached hydrogen (secondary N) is 18. The highest BCUT2D eigenvalue weighted by Crippen LogP contribution is 2.33. The van der Waals surface area contributed by atoms with Gasteiger partial charge in [-0.1, -0.05) is 119 Å². The molecule has 26 N–H and O–H groups in total. The smallest absolute Gasteiger partial charge is 0.312 e. The van der Waals surface area contributed by atoms with Crippen molar-refractivity contribution in [2.24, 2.45) is 46.6 Å². The van der Waals surface area contributed by atoms with Gasteiger partial charge in [0.2, 0.25) is 47.3 Å². The van der Waals surface area contributed by atoms with Crippen LogP contribution in [0.15, 0.2) is 147 Å². The predicted molar refractivity (Wildman–Crippen MR) is 474 cm³/mol.